The fourth-order valence-electron chi connectivity index (χ4n) is 1.23. The summed E-state index contributed by atoms with van der Waals surface area (Å²) >= 11 is 0. The van der Waals surface area contributed by atoms with Gasteiger partial charge in [-0.1, -0.05) is 0 Å². The van der Waals surface area contributed by atoms with E-state index in [0.717, 1.165) is 0 Å². The van der Waals surface area contributed by atoms with Gasteiger partial charge >= 0.3 is 5.97 Å². The van der Waals surface area contributed by atoms with Gasteiger partial charge in [0.25, 0.3) is 0 Å². The second-order valence-electron chi connectivity index (χ2n) is 2.92. The molecule has 2 aromatic rings. The Morgan fingerprint density at radius 2 is 2.20 bits per heavy atom. The van der Waals surface area contributed by atoms with Crippen molar-refractivity contribution < 1.29 is 14.6 Å². The van der Waals surface area contributed by atoms with Crippen LogP contribution in [-0.2, 0) is 4.74 Å². The van der Waals surface area contributed by atoms with E-state index < -0.39 is 5.97 Å². The van der Waals surface area contributed by atoms with Crippen LogP contribution in [0.5, 0.6) is 5.88 Å². The second-order valence-corrected chi connectivity index (χ2v) is 2.92. The summed E-state index contributed by atoms with van der Waals surface area (Å²) in [6.45, 7) is 0. The molecule has 5 nitrogen and oxygen atoms in total. The third-order valence-electron chi connectivity index (χ3n) is 1.94. The van der Waals surface area contributed by atoms with Gasteiger partial charge < -0.3 is 9.84 Å². The highest BCUT2D eigenvalue weighted by atomic mass is 16.5. The van der Waals surface area contributed by atoms with Crippen molar-refractivity contribution in [2.24, 2.45) is 0 Å². The van der Waals surface area contributed by atoms with E-state index in [-0.39, 0.29) is 5.88 Å². The monoisotopic (exact) mass is 204 g/mol. The zero-order chi connectivity index (χ0) is 10.8. The number of methoxy groups -OCH3 is 1. The van der Waals surface area contributed by atoms with Gasteiger partial charge in [0.1, 0.15) is 0 Å². The molecule has 0 saturated heterocycles. The molecule has 0 aliphatic rings. The summed E-state index contributed by atoms with van der Waals surface area (Å²) in [6.07, 6.45) is 1.41. The van der Waals surface area contributed by atoms with Crippen LogP contribution in [0.3, 0.4) is 0 Å². The summed E-state index contributed by atoms with van der Waals surface area (Å²) in [7, 11) is 1.29. The number of aromatic nitrogens is 2. The first kappa shape index (κ1) is 9.39. The van der Waals surface area contributed by atoms with E-state index in [1.54, 1.807) is 6.07 Å². The van der Waals surface area contributed by atoms with Crippen LogP contribution in [-0.4, -0.2) is 28.2 Å². The number of nitrogens with zero attached hydrogens (tertiary/aromatic N) is 2. The van der Waals surface area contributed by atoms with Crippen molar-refractivity contribution in [3.05, 3.63) is 30.0 Å². The third-order valence-corrected chi connectivity index (χ3v) is 1.94. The number of carbonyl (C=O) groups excluding carboxylic acids is 1. The maximum atomic E-state index is 11.2. The molecule has 2 rings (SSSR count). The molecule has 0 fully saturated rings. The molecule has 5 heteroatoms. The van der Waals surface area contributed by atoms with Gasteiger partial charge in [0, 0.05) is 12.3 Å². The van der Waals surface area contributed by atoms with Gasteiger partial charge in [0.2, 0.25) is 5.88 Å². The molecule has 76 valence electrons. The van der Waals surface area contributed by atoms with E-state index in [2.05, 4.69) is 14.7 Å². The van der Waals surface area contributed by atoms with E-state index >= 15 is 0 Å². The lowest BCUT2D eigenvalue weighted by Gasteiger charge is -2.00. The first-order valence-electron chi connectivity index (χ1n) is 4.25. The van der Waals surface area contributed by atoms with Crippen LogP contribution in [0, 0.1) is 0 Å². The molecule has 1 N–H and O–H groups in total. The smallest absolute Gasteiger partial charge is 0.339 e. The van der Waals surface area contributed by atoms with Crippen LogP contribution in [0.1, 0.15) is 10.4 Å². The highest BCUT2D eigenvalue weighted by molar-refractivity contribution is 5.92. The minimum absolute atomic E-state index is 0.105. The Bertz CT molecular complexity index is 525. The van der Waals surface area contributed by atoms with Gasteiger partial charge in [-0.25, -0.2) is 9.78 Å². The Labute approximate surface area is 85.4 Å². The number of pyridine rings is 2. The number of rotatable bonds is 1. The predicted octanol–water partition coefficient (Wildman–Crippen LogP) is 1.12. The predicted molar refractivity (Wildman–Crippen MR) is 52.5 cm³/mol. The van der Waals surface area contributed by atoms with Crippen molar-refractivity contribution in [3.63, 3.8) is 0 Å². The van der Waals surface area contributed by atoms with Crippen molar-refractivity contribution in [3.8, 4) is 5.88 Å². The van der Waals surface area contributed by atoms with E-state index in [0.29, 0.717) is 16.6 Å². The van der Waals surface area contributed by atoms with Crippen LogP contribution in [0.2, 0.25) is 0 Å². The number of carbonyl (C=O) groups is 1. The van der Waals surface area contributed by atoms with Gasteiger partial charge in [0.05, 0.1) is 23.7 Å². The Morgan fingerprint density at radius 1 is 1.40 bits per heavy atom. The standard InChI is InChI=1S/C10H8N2O3/c1-15-10(14)6-4-8-7(11-5-6)2-3-9(13)12-8/h2-5H,1H3,(H,12,13). The fourth-order valence-corrected chi connectivity index (χ4v) is 1.23. The van der Waals surface area contributed by atoms with Crippen molar-refractivity contribution in [2.45, 2.75) is 0 Å². The number of esters is 1. The molecule has 2 heterocycles. The molecule has 0 aromatic carbocycles. The number of hydrogen-bond acceptors (Lipinski definition) is 5. The molecule has 0 aliphatic heterocycles. The van der Waals surface area contributed by atoms with E-state index in [1.165, 1.54) is 25.4 Å². The van der Waals surface area contributed by atoms with Gasteiger partial charge in [-0.3, -0.25) is 4.98 Å². The summed E-state index contributed by atoms with van der Waals surface area (Å²) in [6, 6.07) is 4.58. The van der Waals surface area contributed by atoms with Crippen molar-refractivity contribution in [2.75, 3.05) is 7.11 Å². The highest BCUT2D eigenvalue weighted by Gasteiger charge is 2.07. The third kappa shape index (κ3) is 1.71. The summed E-state index contributed by atoms with van der Waals surface area (Å²) in [4.78, 5) is 19.0. The Hall–Kier alpha value is -2.17. The van der Waals surface area contributed by atoms with Crippen LogP contribution >= 0.6 is 0 Å². The minimum Gasteiger partial charge on any atom is -0.493 e. The van der Waals surface area contributed by atoms with Crippen LogP contribution in [0.4, 0.5) is 0 Å². The van der Waals surface area contributed by atoms with E-state index in [4.69, 9.17) is 5.11 Å². The Kier molecular flexibility index (Phi) is 2.21. The van der Waals surface area contributed by atoms with Gasteiger partial charge in [-0.15, -0.1) is 0 Å². The van der Waals surface area contributed by atoms with Crippen molar-refractivity contribution in [1.29, 1.82) is 0 Å². The molecule has 0 unspecified atom stereocenters. The van der Waals surface area contributed by atoms with Crippen molar-refractivity contribution >= 4 is 17.0 Å². The van der Waals surface area contributed by atoms with Gasteiger partial charge in [-0.05, 0) is 12.1 Å². The summed E-state index contributed by atoms with van der Waals surface area (Å²) < 4.78 is 4.55. The number of hydrogen-bond donors (Lipinski definition) is 1. The maximum Gasteiger partial charge on any atom is 0.339 e. The van der Waals surface area contributed by atoms with E-state index in [9.17, 15) is 4.79 Å². The average molecular weight is 204 g/mol. The van der Waals surface area contributed by atoms with Gasteiger partial charge in [-0.2, -0.15) is 0 Å². The first-order chi connectivity index (χ1) is 7.20. The number of ether oxygens (including phenoxy) is 1. The second kappa shape index (κ2) is 3.53. The summed E-state index contributed by atoms with van der Waals surface area (Å²) in [5.41, 5.74) is 1.38. The zero-order valence-corrected chi connectivity index (χ0v) is 7.97. The molecular formula is C10H8N2O3. The quantitative estimate of drug-likeness (QED) is 0.705. The van der Waals surface area contributed by atoms with Crippen LogP contribution in [0.15, 0.2) is 24.4 Å². The van der Waals surface area contributed by atoms with Crippen LogP contribution < -0.4 is 0 Å². The highest BCUT2D eigenvalue weighted by Crippen LogP contribution is 2.15. The topological polar surface area (TPSA) is 72.3 Å². The average Bonchev–Trinajstić information content (AvgIpc) is 2.27. The lowest BCUT2D eigenvalue weighted by molar-refractivity contribution is 0.0600. The minimum atomic E-state index is -0.477. The maximum absolute atomic E-state index is 11.2. The lowest BCUT2D eigenvalue weighted by Crippen LogP contribution is -2.01. The van der Waals surface area contributed by atoms with E-state index in [1.807, 2.05) is 0 Å². The normalized spacial score (nSPS) is 10.2. The molecule has 0 radical (unpaired) electrons. The number of aromatic hydroxyl groups is 1. The van der Waals surface area contributed by atoms with Gasteiger partial charge in [0.15, 0.2) is 0 Å². The molecule has 2 aromatic heterocycles. The molecule has 0 saturated carbocycles. The molecular weight excluding hydrogens is 196 g/mol. The molecule has 0 aliphatic carbocycles. The number of fused-ring (bicyclic) bond motifs is 1. The summed E-state index contributed by atoms with van der Waals surface area (Å²) in [5, 5.41) is 9.16. The summed E-state index contributed by atoms with van der Waals surface area (Å²) in [5.74, 6) is -0.583. The Balaban J connectivity index is 2.59. The molecule has 0 atom stereocenters. The lowest BCUT2D eigenvalue weighted by atomic mass is 10.2. The Morgan fingerprint density at radius 3 is 2.93 bits per heavy atom. The molecule has 0 amide bonds. The molecule has 0 spiro atoms. The largest absolute Gasteiger partial charge is 0.493 e. The zero-order valence-electron chi connectivity index (χ0n) is 7.97. The molecule has 15 heavy (non-hydrogen) atoms. The fraction of sp³-hybridized carbons (Fsp3) is 0.100. The molecule has 0 bridgehead atoms. The van der Waals surface area contributed by atoms with Crippen LogP contribution in [0.25, 0.3) is 11.0 Å². The first-order valence-corrected chi connectivity index (χ1v) is 4.25. The van der Waals surface area contributed by atoms with Crippen molar-refractivity contribution in [1.82, 2.24) is 9.97 Å². The SMILES string of the molecule is COC(=O)c1cnc2ccc(O)nc2c1.